The van der Waals surface area contributed by atoms with Crippen molar-refractivity contribution in [2.75, 3.05) is 26.2 Å². The molecule has 2 heterocycles. The summed E-state index contributed by atoms with van der Waals surface area (Å²) in [5.41, 5.74) is 1.29. The molecule has 1 fully saturated rings. The summed E-state index contributed by atoms with van der Waals surface area (Å²) in [6.07, 6.45) is -0.872. The van der Waals surface area contributed by atoms with Crippen molar-refractivity contribution in [1.82, 2.24) is 15.2 Å². The van der Waals surface area contributed by atoms with E-state index in [1.54, 1.807) is 24.5 Å². The van der Waals surface area contributed by atoms with E-state index in [-0.39, 0.29) is 6.04 Å². The van der Waals surface area contributed by atoms with Crippen LogP contribution in [0.1, 0.15) is 22.7 Å². The molecule has 0 spiro atoms. The van der Waals surface area contributed by atoms with Gasteiger partial charge in [-0.25, -0.2) is 0 Å². The second-order valence-corrected chi connectivity index (χ2v) is 5.59. The van der Waals surface area contributed by atoms with Gasteiger partial charge in [0.05, 0.1) is 11.6 Å². The van der Waals surface area contributed by atoms with Crippen LogP contribution in [0, 0.1) is 0 Å². The van der Waals surface area contributed by atoms with E-state index in [0.717, 1.165) is 49.4 Å². The van der Waals surface area contributed by atoms with Crippen LogP contribution in [-0.4, -0.2) is 36.1 Å². The van der Waals surface area contributed by atoms with Crippen LogP contribution in [0.3, 0.4) is 0 Å². The molecule has 3 nitrogen and oxygen atoms in total. The molecule has 1 aliphatic rings. The molecule has 1 saturated heterocycles. The van der Waals surface area contributed by atoms with Gasteiger partial charge < -0.3 is 5.32 Å². The van der Waals surface area contributed by atoms with Crippen molar-refractivity contribution < 1.29 is 13.2 Å². The highest BCUT2D eigenvalue weighted by molar-refractivity contribution is 5.33. The van der Waals surface area contributed by atoms with E-state index in [1.807, 2.05) is 12.1 Å². The molecule has 1 aromatic carbocycles. The Bertz CT molecular complexity index is 620. The Labute approximate surface area is 133 Å². The Hall–Kier alpha value is -1.92. The Morgan fingerprint density at radius 3 is 2.04 bits per heavy atom. The van der Waals surface area contributed by atoms with Gasteiger partial charge in [0.1, 0.15) is 0 Å². The van der Waals surface area contributed by atoms with Gasteiger partial charge in [-0.3, -0.25) is 9.88 Å². The predicted octanol–water partition coefficient (Wildman–Crippen LogP) is 3.10. The van der Waals surface area contributed by atoms with Gasteiger partial charge in [0.15, 0.2) is 0 Å². The SMILES string of the molecule is FC(F)(F)c1ccc([C@@H](c2ccncc2)N2CCNCC2)cc1. The number of nitrogens with one attached hydrogen (secondary N) is 1. The minimum atomic E-state index is -4.31. The first-order valence-corrected chi connectivity index (χ1v) is 7.57. The van der Waals surface area contributed by atoms with Gasteiger partial charge in [-0.1, -0.05) is 12.1 Å². The van der Waals surface area contributed by atoms with Gasteiger partial charge in [0, 0.05) is 38.6 Å². The number of pyridine rings is 1. The highest BCUT2D eigenvalue weighted by Crippen LogP contribution is 2.33. The first kappa shape index (κ1) is 16.0. The molecule has 1 aliphatic heterocycles. The van der Waals surface area contributed by atoms with Crippen molar-refractivity contribution in [2.45, 2.75) is 12.2 Å². The number of nitrogens with zero attached hydrogens (tertiary/aromatic N) is 2. The maximum Gasteiger partial charge on any atom is 0.416 e. The Morgan fingerprint density at radius 2 is 1.48 bits per heavy atom. The number of benzene rings is 1. The average Bonchev–Trinajstić information content (AvgIpc) is 2.57. The maximum atomic E-state index is 12.8. The molecule has 0 bridgehead atoms. The van der Waals surface area contributed by atoms with Crippen LogP contribution in [0.25, 0.3) is 0 Å². The van der Waals surface area contributed by atoms with Crippen LogP contribution in [0.4, 0.5) is 13.2 Å². The second-order valence-electron chi connectivity index (χ2n) is 5.59. The number of hydrogen-bond acceptors (Lipinski definition) is 3. The third-order valence-corrected chi connectivity index (χ3v) is 4.09. The van der Waals surface area contributed by atoms with Crippen molar-refractivity contribution in [2.24, 2.45) is 0 Å². The lowest BCUT2D eigenvalue weighted by molar-refractivity contribution is -0.137. The highest BCUT2D eigenvalue weighted by atomic mass is 19.4. The van der Waals surface area contributed by atoms with E-state index in [2.05, 4.69) is 15.2 Å². The molecule has 3 rings (SSSR count). The summed E-state index contributed by atoms with van der Waals surface area (Å²) in [6.45, 7) is 3.46. The molecule has 1 atom stereocenters. The van der Waals surface area contributed by atoms with Crippen molar-refractivity contribution in [3.8, 4) is 0 Å². The van der Waals surface area contributed by atoms with Crippen LogP contribution in [-0.2, 0) is 6.18 Å². The fourth-order valence-corrected chi connectivity index (χ4v) is 2.95. The van der Waals surface area contributed by atoms with Crippen molar-refractivity contribution >= 4 is 0 Å². The number of rotatable bonds is 3. The van der Waals surface area contributed by atoms with E-state index < -0.39 is 11.7 Å². The first-order chi connectivity index (χ1) is 11.1. The molecule has 0 saturated carbocycles. The summed E-state index contributed by atoms with van der Waals surface area (Å²) in [5.74, 6) is 0. The van der Waals surface area contributed by atoms with E-state index in [0.29, 0.717) is 0 Å². The van der Waals surface area contributed by atoms with Gasteiger partial charge in [0.25, 0.3) is 0 Å². The quantitative estimate of drug-likeness (QED) is 0.941. The third kappa shape index (κ3) is 3.71. The molecule has 0 amide bonds. The standard InChI is InChI=1S/C17H18F3N3/c18-17(19,20)15-3-1-13(2-4-15)16(14-5-7-21-8-6-14)23-11-9-22-10-12-23/h1-8,16,22H,9-12H2/t16-/m0/s1. The zero-order valence-corrected chi connectivity index (χ0v) is 12.6. The molecule has 2 aromatic rings. The summed E-state index contributed by atoms with van der Waals surface area (Å²) in [7, 11) is 0. The molecule has 122 valence electrons. The Balaban J connectivity index is 1.94. The van der Waals surface area contributed by atoms with E-state index in [1.165, 1.54) is 0 Å². The summed E-state index contributed by atoms with van der Waals surface area (Å²) in [6, 6.07) is 9.26. The Kier molecular flexibility index (Phi) is 4.63. The zero-order valence-electron chi connectivity index (χ0n) is 12.6. The fourth-order valence-electron chi connectivity index (χ4n) is 2.95. The van der Waals surface area contributed by atoms with E-state index in [4.69, 9.17) is 0 Å². The van der Waals surface area contributed by atoms with Gasteiger partial charge in [-0.05, 0) is 35.4 Å². The number of aromatic nitrogens is 1. The highest BCUT2D eigenvalue weighted by Gasteiger charge is 2.31. The molecule has 0 radical (unpaired) electrons. The normalized spacial score (nSPS) is 17.9. The fraction of sp³-hybridized carbons (Fsp3) is 0.353. The summed E-state index contributed by atoms with van der Waals surface area (Å²) >= 11 is 0. The molecule has 0 unspecified atom stereocenters. The first-order valence-electron chi connectivity index (χ1n) is 7.57. The Morgan fingerprint density at radius 1 is 0.913 bits per heavy atom. The zero-order chi connectivity index (χ0) is 16.3. The minimum Gasteiger partial charge on any atom is -0.314 e. The number of hydrogen-bond donors (Lipinski definition) is 1. The second kappa shape index (κ2) is 6.68. The average molecular weight is 321 g/mol. The number of piperazine rings is 1. The molecular formula is C17H18F3N3. The van der Waals surface area contributed by atoms with Gasteiger partial charge in [-0.2, -0.15) is 13.2 Å². The minimum absolute atomic E-state index is 0.0533. The number of alkyl halides is 3. The van der Waals surface area contributed by atoms with Crippen molar-refractivity contribution in [3.05, 3.63) is 65.5 Å². The summed E-state index contributed by atoms with van der Waals surface area (Å²) in [5, 5.41) is 3.30. The predicted molar refractivity (Wildman–Crippen MR) is 82.0 cm³/mol. The van der Waals surface area contributed by atoms with Crippen molar-refractivity contribution in [3.63, 3.8) is 0 Å². The lowest BCUT2D eigenvalue weighted by Crippen LogP contribution is -2.45. The summed E-state index contributed by atoms with van der Waals surface area (Å²) < 4.78 is 38.3. The van der Waals surface area contributed by atoms with Gasteiger partial charge in [0.2, 0.25) is 0 Å². The van der Waals surface area contributed by atoms with Crippen molar-refractivity contribution in [1.29, 1.82) is 0 Å². The lowest BCUT2D eigenvalue weighted by atomic mass is 9.96. The summed E-state index contributed by atoms with van der Waals surface area (Å²) in [4.78, 5) is 6.32. The topological polar surface area (TPSA) is 28.2 Å². The van der Waals surface area contributed by atoms with Gasteiger partial charge in [-0.15, -0.1) is 0 Å². The molecule has 0 aliphatic carbocycles. The molecule has 23 heavy (non-hydrogen) atoms. The third-order valence-electron chi connectivity index (χ3n) is 4.09. The van der Waals surface area contributed by atoms with Crippen LogP contribution in [0.5, 0.6) is 0 Å². The number of halogens is 3. The maximum absolute atomic E-state index is 12.8. The molecule has 1 aromatic heterocycles. The van der Waals surface area contributed by atoms with Crippen LogP contribution >= 0.6 is 0 Å². The van der Waals surface area contributed by atoms with E-state index in [9.17, 15) is 13.2 Å². The largest absolute Gasteiger partial charge is 0.416 e. The molecular weight excluding hydrogens is 303 g/mol. The van der Waals surface area contributed by atoms with E-state index >= 15 is 0 Å². The van der Waals surface area contributed by atoms with Crippen LogP contribution in [0.2, 0.25) is 0 Å². The lowest BCUT2D eigenvalue weighted by Gasteiger charge is -2.35. The van der Waals surface area contributed by atoms with Crippen LogP contribution < -0.4 is 5.32 Å². The van der Waals surface area contributed by atoms with Crippen LogP contribution in [0.15, 0.2) is 48.8 Å². The molecule has 1 N–H and O–H groups in total. The molecule has 6 heteroatoms. The smallest absolute Gasteiger partial charge is 0.314 e. The monoisotopic (exact) mass is 321 g/mol. The van der Waals surface area contributed by atoms with Gasteiger partial charge >= 0.3 is 6.18 Å².